The number of benzene rings is 2. The van der Waals surface area contributed by atoms with E-state index in [1.807, 2.05) is 20.8 Å². The Morgan fingerprint density at radius 2 is 1.61 bits per heavy atom. The Morgan fingerprint density at radius 1 is 0.970 bits per heavy atom. The van der Waals surface area contributed by atoms with Crippen LogP contribution in [-0.2, 0) is 19.6 Å². The summed E-state index contributed by atoms with van der Waals surface area (Å²) >= 11 is 0. The van der Waals surface area contributed by atoms with Crippen molar-refractivity contribution in [1.82, 2.24) is 9.21 Å². The van der Waals surface area contributed by atoms with Gasteiger partial charge in [0.05, 0.1) is 11.4 Å². The van der Waals surface area contributed by atoms with Crippen LogP contribution in [0.2, 0.25) is 0 Å². The summed E-state index contributed by atoms with van der Waals surface area (Å²) < 4.78 is 40.1. The van der Waals surface area contributed by atoms with Gasteiger partial charge in [-0.2, -0.15) is 4.31 Å². The molecule has 0 radical (unpaired) electrons. The van der Waals surface area contributed by atoms with Crippen LogP contribution in [0.3, 0.4) is 0 Å². The zero-order valence-electron chi connectivity index (χ0n) is 19.0. The lowest BCUT2D eigenvalue weighted by atomic mass is 9.95. The van der Waals surface area contributed by atoms with Crippen molar-refractivity contribution < 1.29 is 22.4 Å². The molecule has 2 amide bonds. The van der Waals surface area contributed by atoms with Crippen molar-refractivity contribution >= 4 is 33.2 Å². The molecule has 3 rings (SSSR count). The van der Waals surface area contributed by atoms with Gasteiger partial charge in [0.2, 0.25) is 21.8 Å². The largest absolute Gasteiger partial charge is 0.376 e. The Balaban J connectivity index is 1.53. The van der Waals surface area contributed by atoms with Gasteiger partial charge in [0.15, 0.2) is 0 Å². The van der Waals surface area contributed by atoms with Crippen molar-refractivity contribution in [3.63, 3.8) is 0 Å². The summed E-state index contributed by atoms with van der Waals surface area (Å²) in [6.07, 6.45) is 0. The van der Waals surface area contributed by atoms with E-state index in [-0.39, 0.29) is 49.4 Å². The van der Waals surface area contributed by atoms with Gasteiger partial charge in [0.25, 0.3) is 0 Å². The molecule has 1 aliphatic heterocycles. The molecular formula is C23H29FN4O4S. The number of piperazine rings is 1. The van der Waals surface area contributed by atoms with Gasteiger partial charge in [0.1, 0.15) is 5.82 Å². The van der Waals surface area contributed by atoms with Gasteiger partial charge < -0.3 is 15.5 Å². The lowest BCUT2D eigenvalue weighted by Crippen LogP contribution is -2.51. The third kappa shape index (κ3) is 6.29. The highest BCUT2D eigenvalue weighted by atomic mass is 32.2. The Bertz CT molecular complexity index is 1120. The number of nitrogens with one attached hydrogen (secondary N) is 2. The van der Waals surface area contributed by atoms with E-state index in [9.17, 15) is 22.4 Å². The minimum atomic E-state index is -3.81. The Morgan fingerprint density at radius 3 is 2.24 bits per heavy atom. The molecule has 1 fully saturated rings. The number of hydrogen-bond donors (Lipinski definition) is 2. The quantitative estimate of drug-likeness (QED) is 0.668. The number of halogens is 1. The van der Waals surface area contributed by atoms with E-state index < -0.39 is 21.3 Å². The number of anilines is 2. The average Bonchev–Trinajstić information content (AvgIpc) is 2.77. The first-order valence-corrected chi connectivity index (χ1v) is 12.1. The van der Waals surface area contributed by atoms with E-state index in [2.05, 4.69) is 10.6 Å². The van der Waals surface area contributed by atoms with Gasteiger partial charge in [-0.05, 0) is 36.4 Å². The van der Waals surface area contributed by atoms with Crippen LogP contribution < -0.4 is 10.6 Å². The summed E-state index contributed by atoms with van der Waals surface area (Å²) in [7, 11) is -3.81. The van der Waals surface area contributed by atoms with Gasteiger partial charge >= 0.3 is 0 Å². The fourth-order valence-corrected chi connectivity index (χ4v) is 4.72. The molecule has 0 aromatic heterocycles. The maximum atomic E-state index is 13.4. The lowest BCUT2D eigenvalue weighted by Gasteiger charge is -2.34. The van der Waals surface area contributed by atoms with Crippen LogP contribution >= 0.6 is 0 Å². The second kappa shape index (κ2) is 9.88. The van der Waals surface area contributed by atoms with Crippen molar-refractivity contribution in [3.8, 4) is 0 Å². The molecular weight excluding hydrogens is 447 g/mol. The van der Waals surface area contributed by atoms with Gasteiger partial charge in [-0.1, -0.05) is 32.9 Å². The second-order valence-corrected chi connectivity index (χ2v) is 10.8. The van der Waals surface area contributed by atoms with Crippen LogP contribution in [0.25, 0.3) is 0 Å². The van der Waals surface area contributed by atoms with E-state index in [0.29, 0.717) is 11.4 Å². The third-order valence-electron chi connectivity index (χ3n) is 5.27. The predicted molar refractivity (Wildman–Crippen MR) is 125 cm³/mol. The lowest BCUT2D eigenvalue weighted by molar-refractivity contribution is -0.130. The van der Waals surface area contributed by atoms with Crippen LogP contribution in [0.15, 0.2) is 53.4 Å². The molecule has 2 aromatic rings. The Kier molecular flexibility index (Phi) is 7.38. The molecule has 0 unspecified atom stereocenters. The van der Waals surface area contributed by atoms with E-state index in [1.54, 1.807) is 29.2 Å². The standard InChI is InChI=1S/C23H29FN4O4S/c1-23(2,3)22(30)26-19-8-5-7-18(15-19)25-16-21(29)27-10-12-28(13-11-27)33(31,32)20-9-4-6-17(24)14-20/h4-9,14-15,25H,10-13,16H2,1-3H3,(H,26,30). The molecule has 2 aromatic carbocycles. The zero-order chi connectivity index (χ0) is 24.2. The number of rotatable bonds is 6. The molecule has 178 valence electrons. The molecule has 2 N–H and O–H groups in total. The summed E-state index contributed by atoms with van der Waals surface area (Å²) in [6.45, 7) is 6.28. The van der Waals surface area contributed by atoms with E-state index >= 15 is 0 Å². The monoisotopic (exact) mass is 476 g/mol. The zero-order valence-corrected chi connectivity index (χ0v) is 19.8. The molecule has 8 nitrogen and oxygen atoms in total. The molecule has 0 saturated carbocycles. The first-order valence-electron chi connectivity index (χ1n) is 10.7. The van der Waals surface area contributed by atoms with Gasteiger partial charge in [-0.25, -0.2) is 12.8 Å². The normalized spacial score (nSPS) is 15.2. The molecule has 1 heterocycles. The summed E-state index contributed by atoms with van der Waals surface area (Å²) in [5.74, 6) is -0.887. The predicted octanol–water partition coefficient (Wildman–Crippen LogP) is 2.76. The summed E-state index contributed by atoms with van der Waals surface area (Å²) in [5.41, 5.74) is 0.787. The molecule has 0 aliphatic carbocycles. The van der Waals surface area contributed by atoms with Crippen LogP contribution in [0.1, 0.15) is 20.8 Å². The maximum absolute atomic E-state index is 13.4. The molecule has 0 bridgehead atoms. The van der Waals surface area contributed by atoms with Gasteiger partial charge in [-0.15, -0.1) is 0 Å². The highest BCUT2D eigenvalue weighted by Crippen LogP contribution is 2.21. The highest BCUT2D eigenvalue weighted by molar-refractivity contribution is 7.89. The van der Waals surface area contributed by atoms with Crippen molar-refractivity contribution in [1.29, 1.82) is 0 Å². The van der Waals surface area contributed by atoms with Crippen LogP contribution in [-0.4, -0.2) is 62.2 Å². The number of sulfonamides is 1. The average molecular weight is 477 g/mol. The maximum Gasteiger partial charge on any atom is 0.243 e. The van der Waals surface area contributed by atoms with Crippen molar-refractivity contribution in [2.45, 2.75) is 25.7 Å². The van der Waals surface area contributed by atoms with Crippen LogP contribution in [0.4, 0.5) is 15.8 Å². The van der Waals surface area contributed by atoms with Gasteiger partial charge in [-0.3, -0.25) is 9.59 Å². The fraction of sp³-hybridized carbons (Fsp3) is 0.391. The number of carbonyl (C=O) groups is 2. The molecule has 10 heteroatoms. The molecule has 0 spiro atoms. The molecule has 0 atom stereocenters. The molecule has 1 aliphatic rings. The summed E-state index contributed by atoms with van der Waals surface area (Å²) in [4.78, 5) is 26.3. The van der Waals surface area contributed by atoms with E-state index in [1.165, 1.54) is 22.5 Å². The summed E-state index contributed by atoms with van der Waals surface area (Å²) in [5, 5.41) is 5.90. The first kappa shape index (κ1) is 24.7. The SMILES string of the molecule is CC(C)(C)C(=O)Nc1cccc(NCC(=O)N2CCN(S(=O)(=O)c3cccc(F)c3)CC2)c1. The summed E-state index contributed by atoms with van der Waals surface area (Å²) in [6, 6.07) is 12.0. The first-order chi connectivity index (χ1) is 15.5. The van der Waals surface area contributed by atoms with Crippen molar-refractivity contribution in [2.75, 3.05) is 43.4 Å². The second-order valence-electron chi connectivity index (χ2n) is 8.88. The smallest absolute Gasteiger partial charge is 0.243 e. The van der Waals surface area contributed by atoms with Crippen LogP contribution in [0.5, 0.6) is 0 Å². The minimum Gasteiger partial charge on any atom is -0.376 e. The molecule has 33 heavy (non-hydrogen) atoms. The molecule has 1 saturated heterocycles. The minimum absolute atomic E-state index is 0.0350. The van der Waals surface area contributed by atoms with E-state index in [0.717, 1.165) is 6.07 Å². The fourth-order valence-electron chi connectivity index (χ4n) is 3.27. The van der Waals surface area contributed by atoms with Crippen molar-refractivity contribution in [3.05, 3.63) is 54.3 Å². The number of carbonyl (C=O) groups excluding carboxylic acids is 2. The topological polar surface area (TPSA) is 98.8 Å². The van der Waals surface area contributed by atoms with Crippen molar-refractivity contribution in [2.24, 2.45) is 5.41 Å². The number of hydrogen-bond acceptors (Lipinski definition) is 5. The van der Waals surface area contributed by atoms with Crippen LogP contribution in [0, 0.1) is 11.2 Å². The number of amides is 2. The highest BCUT2D eigenvalue weighted by Gasteiger charge is 2.30. The van der Waals surface area contributed by atoms with Gasteiger partial charge in [0, 0.05) is 43.0 Å². The van der Waals surface area contributed by atoms with E-state index in [4.69, 9.17) is 0 Å². The Labute approximate surface area is 193 Å². The third-order valence-corrected chi connectivity index (χ3v) is 7.17. The Hall–Kier alpha value is -2.98. The number of nitrogens with zero attached hydrogens (tertiary/aromatic N) is 2.